The first-order valence-corrected chi connectivity index (χ1v) is 5.25. The molecule has 3 rings (SSSR count). The summed E-state index contributed by atoms with van der Waals surface area (Å²) in [6.07, 6.45) is 0. The molecule has 0 aliphatic heterocycles. The maximum absolute atomic E-state index is 5.68. The molecule has 2 N–H and O–H groups in total. The molecule has 0 atom stereocenters. The van der Waals surface area contributed by atoms with Gasteiger partial charge in [0, 0.05) is 19.5 Å². The Kier molecular flexibility index (Phi) is 1.91. The molecule has 0 aliphatic carbocycles. The van der Waals surface area contributed by atoms with Crippen molar-refractivity contribution in [3.8, 4) is 11.5 Å². The maximum Gasteiger partial charge on any atom is 0.218 e. The lowest BCUT2D eigenvalue weighted by atomic mass is 10.2. The summed E-state index contributed by atoms with van der Waals surface area (Å²) in [6, 6.07) is 7.97. The van der Waals surface area contributed by atoms with Gasteiger partial charge in [-0.15, -0.1) is 5.10 Å². The van der Waals surface area contributed by atoms with Crippen molar-refractivity contribution in [3.63, 3.8) is 0 Å². The van der Waals surface area contributed by atoms with Crippen molar-refractivity contribution in [2.45, 2.75) is 0 Å². The molecule has 0 bridgehead atoms. The van der Waals surface area contributed by atoms with E-state index in [2.05, 4.69) is 15.2 Å². The Morgan fingerprint density at radius 2 is 1.82 bits per heavy atom. The van der Waals surface area contributed by atoms with E-state index in [1.807, 2.05) is 36.0 Å². The highest BCUT2D eigenvalue weighted by Gasteiger charge is 2.14. The molecule has 0 radical (unpaired) electrons. The summed E-state index contributed by atoms with van der Waals surface area (Å²) in [5.41, 5.74) is 7.49. The predicted octanol–water partition coefficient (Wildman–Crippen LogP) is 0.951. The average Bonchev–Trinajstić information content (AvgIpc) is 2.82. The molecule has 3 aromatic rings. The predicted molar refractivity (Wildman–Crippen MR) is 65.1 cm³/mol. The molecule has 6 nitrogen and oxygen atoms in total. The highest BCUT2D eigenvalue weighted by molar-refractivity contribution is 5.91. The summed E-state index contributed by atoms with van der Waals surface area (Å²) in [7, 11) is 3.66. The van der Waals surface area contributed by atoms with Gasteiger partial charge in [-0.1, -0.05) is 18.2 Å². The largest absolute Gasteiger partial charge is 0.368 e. The van der Waals surface area contributed by atoms with Crippen LogP contribution in [0, 0.1) is 0 Å². The summed E-state index contributed by atoms with van der Waals surface area (Å²) >= 11 is 0. The summed E-state index contributed by atoms with van der Waals surface area (Å²) in [5, 5.41) is 9.71. The zero-order valence-electron chi connectivity index (χ0n) is 9.62. The molecular weight excluding hydrogens is 216 g/mol. The van der Waals surface area contributed by atoms with Gasteiger partial charge in [-0.3, -0.25) is 4.68 Å². The molecule has 86 valence electrons. The van der Waals surface area contributed by atoms with E-state index < -0.39 is 0 Å². The molecule has 0 spiro atoms. The normalized spacial score (nSPS) is 11.2. The lowest BCUT2D eigenvalue weighted by molar-refractivity contribution is 0.772. The van der Waals surface area contributed by atoms with E-state index in [0.29, 0.717) is 11.8 Å². The number of fused-ring (bicyclic) bond motifs is 1. The van der Waals surface area contributed by atoms with Crippen LogP contribution in [0.1, 0.15) is 0 Å². The van der Waals surface area contributed by atoms with Crippen LogP contribution in [-0.4, -0.2) is 24.5 Å². The molecule has 2 heterocycles. The quantitative estimate of drug-likeness (QED) is 0.673. The molecule has 17 heavy (non-hydrogen) atoms. The van der Waals surface area contributed by atoms with E-state index in [9.17, 15) is 0 Å². The number of aromatic nitrogens is 5. The van der Waals surface area contributed by atoms with Gasteiger partial charge in [0.2, 0.25) is 11.8 Å². The Hall–Kier alpha value is -2.37. The summed E-state index contributed by atoms with van der Waals surface area (Å²) in [5.74, 6) is 0.941. The molecule has 0 fully saturated rings. The van der Waals surface area contributed by atoms with Crippen LogP contribution in [0.3, 0.4) is 0 Å². The summed E-state index contributed by atoms with van der Waals surface area (Å²) in [6.45, 7) is 0. The van der Waals surface area contributed by atoms with Crippen molar-refractivity contribution >= 4 is 16.9 Å². The number of benzene rings is 1. The number of para-hydroxylation sites is 1. The number of nitrogens with zero attached hydrogens (tertiary/aromatic N) is 5. The monoisotopic (exact) mass is 228 g/mol. The van der Waals surface area contributed by atoms with E-state index in [-0.39, 0.29) is 0 Å². The van der Waals surface area contributed by atoms with Gasteiger partial charge in [-0.2, -0.15) is 10.1 Å². The van der Waals surface area contributed by atoms with E-state index in [1.165, 1.54) is 0 Å². The fourth-order valence-electron chi connectivity index (χ4n) is 1.88. The zero-order chi connectivity index (χ0) is 12.0. The molecule has 0 unspecified atom stereocenters. The minimum Gasteiger partial charge on any atom is -0.368 e. The second-order valence-corrected chi connectivity index (χ2v) is 3.91. The van der Waals surface area contributed by atoms with Crippen molar-refractivity contribution < 1.29 is 0 Å². The topological polar surface area (TPSA) is 74.5 Å². The number of aryl methyl sites for hydroxylation is 2. The lowest BCUT2D eigenvalue weighted by Gasteiger charge is -1.90. The first-order valence-electron chi connectivity index (χ1n) is 5.25. The van der Waals surface area contributed by atoms with Gasteiger partial charge in [0.15, 0.2) is 0 Å². The Bertz CT molecular complexity index is 674. The molecule has 0 amide bonds. The molecule has 0 saturated heterocycles. The van der Waals surface area contributed by atoms with Crippen LogP contribution in [0.5, 0.6) is 0 Å². The van der Waals surface area contributed by atoms with Crippen molar-refractivity contribution in [3.05, 3.63) is 24.3 Å². The summed E-state index contributed by atoms with van der Waals surface area (Å²) < 4.78 is 3.36. The van der Waals surface area contributed by atoms with Crippen LogP contribution in [0.25, 0.3) is 22.4 Å². The molecule has 6 heteroatoms. The van der Waals surface area contributed by atoms with Crippen molar-refractivity contribution in [2.24, 2.45) is 14.1 Å². The fourth-order valence-corrected chi connectivity index (χ4v) is 1.88. The first-order chi connectivity index (χ1) is 8.16. The Labute approximate surface area is 97.7 Å². The van der Waals surface area contributed by atoms with Gasteiger partial charge in [0.1, 0.15) is 5.69 Å². The van der Waals surface area contributed by atoms with Crippen molar-refractivity contribution in [1.82, 2.24) is 24.5 Å². The highest BCUT2D eigenvalue weighted by Crippen LogP contribution is 2.25. The molecule has 1 aromatic carbocycles. The van der Waals surface area contributed by atoms with Crippen LogP contribution in [-0.2, 0) is 14.1 Å². The van der Waals surface area contributed by atoms with Crippen LogP contribution < -0.4 is 5.73 Å². The minimum atomic E-state index is 0.384. The SMILES string of the molecule is Cn1nc(-c2nn(C)c3ccccc23)nc1N. The van der Waals surface area contributed by atoms with E-state index in [1.54, 1.807) is 11.7 Å². The van der Waals surface area contributed by atoms with E-state index in [0.717, 1.165) is 16.6 Å². The average molecular weight is 228 g/mol. The third kappa shape index (κ3) is 1.37. The minimum absolute atomic E-state index is 0.384. The van der Waals surface area contributed by atoms with Crippen LogP contribution in [0.2, 0.25) is 0 Å². The van der Waals surface area contributed by atoms with E-state index >= 15 is 0 Å². The van der Waals surface area contributed by atoms with Crippen molar-refractivity contribution in [1.29, 1.82) is 0 Å². The molecular formula is C11H12N6. The first kappa shape index (κ1) is 9.83. The van der Waals surface area contributed by atoms with Gasteiger partial charge in [-0.25, -0.2) is 4.68 Å². The van der Waals surface area contributed by atoms with Gasteiger partial charge >= 0.3 is 0 Å². The fraction of sp³-hybridized carbons (Fsp3) is 0.182. The zero-order valence-corrected chi connectivity index (χ0v) is 9.62. The van der Waals surface area contributed by atoms with Gasteiger partial charge < -0.3 is 5.73 Å². The van der Waals surface area contributed by atoms with Crippen LogP contribution in [0.15, 0.2) is 24.3 Å². The third-order valence-corrected chi connectivity index (χ3v) is 2.77. The van der Waals surface area contributed by atoms with Crippen molar-refractivity contribution in [2.75, 3.05) is 5.73 Å². The summed E-state index contributed by atoms with van der Waals surface area (Å²) in [4.78, 5) is 4.20. The number of rotatable bonds is 1. The standard InChI is InChI=1S/C11H12N6/c1-16-8-6-4-3-5-7(8)9(14-16)10-13-11(12)17(2)15-10/h3-6H,1-2H3,(H2,12,13,15). The van der Waals surface area contributed by atoms with Gasteiger partial charge in [0.25, 0.3) is 0 Å². The number of hydrogen-bond donors (Lipinski definition) is 1. The highest BCUT2D eigenvalue weighted by atomic mass is 15.4. The smallest absolute Gasteiger partial charge is 0.218 e. The Morgan fingerprint density at radius 1 is 1.06 bits per heavy atom. The van der Waals surface area contributed by atoms with Gasteiger partial charge in [0.05, 0.1) is 5.52 Å². The second-order valence-electron chi connectivity index (χ2n) is 3.91. The number of hydrogen-bond acceptors (Lipinski definition) is 4. The molecule has 0 saturated carbocycles. The lowest BCUT2D eigenvalue weighted by Crippen LogP contribution is -1.97. The number of nitrogens with two attached hydrogens (primary N) is 1. The Balaban J connectivity index is 2.30. The van der Waals surface area contributed by atoms with Gasteiger partial charge in [-0.05, 0) is 6.07 Å². The number of nitrogen functional groups attached to an aromatic ring is 1. The van der Waals surface area contributed by atoms with Crippen LogP contribution in [0.4, 0.5) is 5.95 Å². The second kappa shape index (κ2) is 3.31. The van der Waals surface area contributed by atoms with E-state index in [4.69, 9.17) is 5.73 Å². The molecule has 0 aliphatic rings. The molecule has 2 aromatic heterocycles. The third-order valence-electron chi connectivity index (χ3n) is 2.77. The van der Waals surface area contributed by atoms with Crippen LogP contribution >= 0.6 is 0 Å². The maximum atomic E-state index is 5.68. The Morgan fingerprint density at radius 3 is 2.53 bits per heavy atom. The number of anilines is 1.